The molecule has 1 heteroatoms. The zero-order chi connectivity index (χ0) is 30.9. The van der Waals surface area contributed by atoms with Crippen LogP contribution in [0.4, 0.5) is 0 Å². The molecule has 0 fully saturated rings. The van der Waals surface area contributed by atoms with Gasteiger partial charge in [0, 0.05) is 25.6 Å². The monoisotopic (exact) mass is 612 g/mol. The van der Waals surface area contributed by atoms with Gasteiger partial charge >= 0.3 is 0 Å². The van der Waals surface area contributed by atoms with E-state index in [-0.39, 0.29) is 0 Å². The zero-order valence-corrected chi connectivity index (χ0v) is 26.4. The van der Waals surface area contributed by atoms with Crippen LogP contribution in [-0.4, -0.2) is 0 Å². The van der Waals surface area contributed by atoms with Crippen molar-refractivity contribution in [2.24, 2.45) is 0 Å². The van der Waals surface area contributed by atoms with Gasteiger partial charge < -0.3 is 0 Å². The van der Waals surface area contributed by atoms with Gasteiger partial charge in [-0.2, -0.15) is 0 Å². The fraction of sp³-hybridized carbons (Fsp3) is 0. The van der Waals surface area contributed by atoms with Gasteiger partial charge in [-0.1, -0.05) is 170 Å². The number of hydrogen-bond acceptors (Lipinski definition) is 1. The van der Waals surface area contributed by atoms with Crippen LogP contribution in [0, 0.1) is 0 Å². The molecule has 0 N–H and O–H groups in total. The molecule has 1 aromatic heterocycles. The maximum atomic E-state index is 2.32. The molecule has 1 heterocycles. The molecule has 0 spiro atoms. The summed E-state index contributed by atoms with van der Waals surface area (Å²) in [6.07, 6.45) is 0. The van der Waals surface area contributed by atoms with Crippen molar-refractivity contribution < 1.29 is 0 Å². The number of thiophene rings is 1. The molecule has 47 heavy (non-hydrogen) atoms. The second kappa shape index (κ2) is 10.4. The molecule has 0 atom stereocenters. The Morgan fingerprint density at radius 1 is 0.255 bits per heavy atom. The molecule has 0 unspecified atom stereocenters. The van der Waals surface area contributed by atoms with E-state index in [0.29, 0.717) is 0 Å². The molecular weight excluding hydrogens is 585 g/mol. The van der Waals surface area contributed by atoms with Gasteiger partial charge in [0.05, 0.1) is 0 Å². The fourth-order valence-electron chi connectivity index (χ4n) is 7.83. The maximum Gasteiger partial charge on any atom is 0.0440 e. The number of hydrogen-bond donors (Lipinski definition) is 0. The summed E-state index contributed by atoms with van der Waals surface area (Å²) in [7, 11) is 0. The molecule has 0 amide bonds. The van der Waals surface area contributed by atoms with Crippen LogP contribution in [0.1, 0.15) is 0 Å². The molecule has 10 rings (SSSR count). The summed E-state index contributed by atoms with van der Waals surface area (Å²) in [5.41, 5.74) is 7.61. The van der Waals surface area contributed by atoms with E-state index in [1.807, 2.05) is 11.3 Å². The Morgan fingerprint density at radius 2 is 0.681 bits per heavy atom. The third kappa shape index (κ3) is 3.94. The van der Waals surface area contributed by atoms with Crippen LogP contribution in [0.5, 0.6) is 0 Å². The van der Waals surface area contributed by atoms with Gasteiger partial charge in [-0.25, -0.2) is 0 Å². The molecule has 9 aromatic carbocycles. The standard InChI is InChI=1S/C46H28S/c1-2-13-30(14-3-1)42-36-18-7-9-20-38(36)43(39-21-10-8-19-37(39)42)31-27-25-29(26-28-31)32-23-12-24-41-44-35-17-6-4-15-33(35)34-16-5-11-22-40(34)46(44)47-45(32)41/h1-28H. The first-order valence-corrected chi connectivity index (χ1v) is 17.0. The van der Waals surface area contributed by atoms with Crippen molar-refractivity contribution in [2.75, 3.05) is 0 Å². The lowest BCUT2D eigenvalue weighted by molar-refractivity contribution is 1.64. The zero-order valence-electron chi connectivity index (χ0n) is 25.6. The number of fused-ring (bicyclic) bond motifs is 10. The highest BCUT2D eigenvalue weighted by Gasteiger charge is 2.18. The van der Waals surface area contributed by atoms with Gasteiger partial charge in [0.1, 0.15) is 0 Å². The molecule has 0 radical (unpaired) electrons. The van der Waals surface area contributed by atoms with E-state index < -0.39 is 0 Å². The van der Waals surface area contributed by atoms with Crippen molar-refractivity contribution in [1.82, 2.24) is 0 Å². The summed E-state index contributed by atoms with van der Waals surface area (Å²) in [6, 6.07) is 62.4. The van der Waals surface area contributed by atoms with E-state index in [1.54, 1.807) is 0 Å². The lowest BCUT2D eigenvalue weighted by atomic mass is 9.85. The number of rotatable bonds is 3. The highest BCUT2D eigenvalue weighted by atomic mass is 32.1. The highest BCUT2D eigenvalue weighted by Crippen LogP contribution is 2.48. The first-order valence-electron chi connectivity index (χ1n) is 16.2. The lowest BCUT2D eigenvalue weighted by Gasteiger charge is -2.18. The van der Waals surface area contributed by atoms with Crippen molar-refractivity contribution in [1.29, 1.82) is 0 Å². The summed E-state index contributed by atoms with van der Waals surface area (Å²) < 4.78 is 2.72. The van der Waals surface area contributed by atoms with Gasteiger partial charge in [-0.05, 0) is 71.1 Å². The minimum atomic E-state index is 1.24. The lowest BCUT2D eigenvalue weighted by Crippen LogP contribution is -1.90. The van der Waals surface area contributed by atoms with Crippen molar-refractivity contribution >= 4 is 74.6 Å². The van der Waals surface area contributed by atoms with Crippen LogP contribution in [0.2, 0.25) is 0 Å². The maximum absolute atomic E-state index is 2.32. The SMILES string of the molecule is c1ccc(-c2c3ccccc3c(-c3ccc(-c4cccc5c4sc4c6ccccc6c6ccccc6c54)cc3)c3ccccc23)cc1. The van der Waals surface area contributed by atoms with Crippen molar-refractivity contribution in [3.05, 3.63) is 170 Å². The van der Waals surface area contributed by atoms with Crippen LogP contribution < -0.4 is 0 Å². The average molecular weight is 613 g/mol. The van der Waals surface area contributed by atoms with E-state index in [2.05, 4.69) is 170 Å². The van der Waals surface area contributed by atoms with Crippen LogP contribution in [-0.2, 0) is 0 Å². The summed E-state index contributed by atoms with van der Waals surface area (Å²) in [6.45, 7) is 0. The molecule has 0 saturated heterocycles. The molecule has 0 aliphatic rings. The van der Waals surface area contributed by atoms with E-state index in [9.17, 15) is 0 Å². The molecule has 218 valence electrons. The number of benzene rings is 9. The molecule has 0 aliphatic heterocycles. The Bertz CT molecular complexity index is 2760. The van der Waals surface area contributed by atoms with Crippen LogP contribution in [0.25, 0.3) is 96.6 Å². The van der Waals surface area contributed by atoms with Gasteiger partial charge in [-0.3, -0.25) is 0 Å². The Hall–Kier alpha value is -5.76. The predicted molar refractivity (Wildman–Crippen MR) is 206 cm³/mol. The normalized spacial score (nSPS) is 11.8. The molecule has 10 aromatic rings. The Labute approximate surface area is 276 Å². The minimum absolute atomic E-state index is 1.24. The second-order valence-electron chi connectivity index (χ2n) is 12.4. The fourth-order valence-corrected chi connectivity index (χ4v) is 9.22. The van der Waals surface area contributed by atoms with E-state index in [0.717, 1.165) is 0 Å². The van der Waals surface area contributed by atoms with Gasteiger partial charge in [0.15, 0.2) is 0 Å². The van der Waals surface area contributed by atoms with E-state index >= 15 is 0 Å². The van der Waals surface area contributed by atoms with Crippen molar-refractivity contribution in [3.8, 4) is 33.4 Å². The molecular formula is C46H28S. The second-order valence-corrected chi connectivity index (χ2v) is 13.4. The summed E-state index contributed by atoms with van der Waals surface area (Å²) in [5, 5.41) is 13.1. The van der Waals surface area contributed by atoms with Crippen molar-refractivity contribution in [3.63, 3.8) is 0 Å². The molecule has 0 bridgehead atoms. The van der Waals surface area contributed by atoms with Crippen LogP contribution in [0.3, 0.4) is 0 Å². The van der Waals surface area contributed by atoms with Crippen LogP contribution in [0.15, 0.2) is 170 Å². The third-order valence-electron chi connectivity index (χ3n) is 9.85. The smallest absolute Gasteiger partial charge is 0.0440 e. The third-order valence-corrected chi connectivity index (χ3v) is 11.1. The largest absolute Gasteiger partial charge is 0.134 e. The van der Waals surface area contributed by atoms with Crippen LogP contribution >= 0.6 is 11.3 Å². The summed E-state index contributed by atoms with van der Waals surface area (Å²) >= 11 is 1.93. The minimum Gasteiger partial charge on any atom is -0.134 e. The van der Waals surface area contributed by atoms with Gasteiger partial charge in [0.25, 0.3) is 0 Å². The van der Waals surface area contributed by atoms with Gasteiger partial charge in [-0.15, -0.1) is 11.3 Å². The Balaban J connectivity index is 1.19. The van der Waals surface area contributed by atoms with E-state index in [4.69, 9.17) is 0 Å². The molecule has 0 saturated carbocycles. The summed E-state index contributed by atoms with van der Waals surface area (Å²) in [5.74, 6) is 0. The average Bonchev–Trinajstić information content (AvgIpc) is 3.55. The van der Waals surface area contributed by atoms with E-state index in [1.165, 1.54) is 96.6 Å². The molecule has 0 nitrogen and oxygen atoms in total. The van der Waals surface area contributed by atoms with Crippen molar-refractivity contribution in [2.45, 2.75) is 0 Å². The first kappa shape index (κ1) is 26.5. The Kier molecular flexibility index (Phi) is 5.85. The quantitative estimate of drug-likeness (QED) is 0.138. The predicted octanol–water partition coefficient (Wildman–Crippen LogP) is 13.7. The molecule has 0 aliphatic carbocycles. The van der Waals surface area contributed by atoms with Gasteiger partial charge in [0.2, 0.25) is 0 Å². The highest BCUT2D eigenvalue weighted by molar-refractivity contribution is 7.27. The summed E-state index contributed by atoms with van der Waals surface area (Å²) in [4.78, 5) is 0. The topological polar surface area (TPSA) is 0 Å². The Morgan fingerprint density at radius 3 is 1.28 bits per heavy atom. The first-order chi connectivity index (χ1) is 23.3.